The number of hydrogen-bond donors (Lipinski definition) is 5. The fraction of sp³-hybridized carbons (Fsp3) is 0.316. The van der Waals surface area contributed by atoms with Gasteiger partial charge in [-0.1, -0.05) is 0 Å². The highest BCUT2D eigenvalue weighted by molar-refractivity contribution is 8.16. The Balaban J connectivity index is 1.57. The van der Waals surface area contributed by atoms with Crippen molar-refractivity contribution in [3.63, 3.8) is 0 Å². The van der Waals surface area contributed by atoms with E-state index in [0.717, 1.165) is 30.3 Å². The molecule has 1 saturated heterocycles. The van der Waals surface area contributed by atoms with E-state index < -0.39 is 9.54 Å². The quantitative estimate of drug-likeness (QED) is 0.238. The molecule has 9 heteroatoms. The number of pyridine rings is 1. The molecule has 0 unspecified atom stereocenters. The highest BCUT2D eigenvalue weighted by atomic mass is 32.2. The number of benzene rings is 1. The lowest BCUT2D eigenvalue weighted by Gasteiger charge is -2.35. The van der Waals surface area contributed by atoms with E-state index in [1.54, 1.807) is 30.3 Å². The number of fused-ring (bicyclic) bond motifs is 1. The number of H-pyrrole nitrogens is 1. The van der Waals surface area contributed by atoms with E-state index in [0.29, 0.717) is 23.6 Å². The number of hydrogen-bond acceptors (Lipinski definition) is 7. The van der Waals surface area contributed by atoms with Gasteiger partial charge in [-0.25, -0.2) is 4.98 Å². The van der Waals surface area contributed by atoms with Crippen LogP contribution in [0.4, 0.5) is 10.2 Å². The summed E-state index contributed by atoms with van der Waals surface area (Å²) in [5.74, 6) is 0.166. The largest absolute Gasteiger partial charge is 0.508 e. The highest BCUT2D eigenvalue weighted by Crippen LogP contribution is 2.32. The van der Waals surface area contributed by atoms with Gasteiger partial charge in [-0.2, -0.15) is 4.39 Å². The molecule has 1 aliphatic heterocycles. The minimum Gasteiger partial charge on any atom is -0.508 e. The Labute approximate surface area is 178 Å². The normalized spacial score (nSPS) is 18.0. The minimum absolute atomic E-state index is 0.104. The van der Waals surface area contributed by atoms with E-state index in [1.807, 2.05) is 11.0 Å². The Hall–Kier alpha value is -1.55. The number of nitrogens with one attached hydrogen (secondary N) is 1. The Morgan fingerprint density at radius 2 is 2.04 bits per heavy atom. The van der Waals surface area contributed by atoms with Crippen LogP contribution in [-0.2, 0) is 4.74 Å². The van der Waals surface area contributed by atoms with Crippen molar-refractivity contribution in [2.75, 3.05) is 18.0 Å². The molecular formula is C19H20FN3O2S3. The van der Waals surface area contributed by atoms with Crippen molar-refractivity contribution in [1.29, 1.82) is 0 Å². The number of rotatable bonds is 4. The summed E-state index contributed by atoms with van der Waals surface area (Å²) in [5.41, 5.74) is 1.73. The van der Waals surface area contributed by atoms with Crippen LogP contribution < -0.4 is 4.90 Å². The van der Waals surface area contributed by atoms with E-state index in [2.05, 4.69) is 47.9 Å². The third kappa shape index (κ3) is 4.37. The van der Waals surface area contributed by atoms with Gasteiger partial charge in [0, 0.05) is 30.1 Å². The summed E-state index contributed by atoms with van der Waals surface area (Å²) in [6.07, 6.45) is 1.65. The van der Waals surface area contributed by atoms with Crippen molar-refractivity contribution in [1.82, 2.24) is 9.97 Å². The zero-order valence-electron chi connectivity index (χ0n) is 14.8. The molecule has 3 aromatic rings. The number of nitrogens with zero attached hydrogens (tertiary/aromatic N) is 2. The molecule has 1 aromatic carbocycles. The molecule has 2 N–H and O–H groups in total. The molecule has 0 amide bonds. The predicted octanol–water partition coefficient (Wildman–Crippen LogP) is 4.46. The van der Waals surface area contributed by atoms with Crippen molar-refractivity contribution in [2.45, 2.75) is 22.5 Å². The summed E-state index contributed by atoms with van der Waals surface area (Å²) in [6.45, 7) is 1.34. The highest BCUT2D eigenvalue weighted by Gasteiger charge is 2.27. The van der Waals surface area contributed by atoms with Crippen LogP contribution in [0.1, 0.15) is 12.8 Å². The first-order chi connectivity index (χ1) is 13.3. The molecular weight excluding hydrogens is 417 g/mol. The molecule has 0 saturated carbocycles. The van der Waals surface area contributed by atoms with Crippen molar-refractivity contribution >= 4 is 54.6 Å². The smallest absolute Gasteiger partial charge is 0.224 e. The predicted molar refractivity (Wildman–Crippen MR) is 119 cm³/mol. The van der Waals surface area contributed by atoms with E-state index in [9.17, 15) is 9.50 Å². The maximum Gasteiger partial charge on any atom is 0.224 e. The van der Waals surface area contributed by atoms with Crippen LogP contribution in [0, 0.1) is 5.95 Å². The molecule has 0 aliphatic carbocycles. The molecule has 2 aromatic heterocycles. The molecule has 28 heavy (non-hydrogen) atoms. The van der Waals surface area contributed by atoms with Crippen molar-refractivity contribution in [3.05, 3.63) is 42.3 Å². The third-order valence-corrected chi connectivity index (χ3v) is 5.07. The van der Waals surface area contributed by atoms with E-state index >= 15 is 0 Å². The second-order valence-corrected chi connectivity index (χ2v) is 9.81. The van der Waals surface area contributed by atoms with Gasteiger partial charge in [-0.05, 0) is 43.2 Å². The van der Waals surface area contributed by atoms with Crippen LogP contribution in [-0.4, -0.2) is 37.9 Å². The second-order valence-electron chi connectivity index (χ2n) is 6.86. The second kappa shape index (κ2) is 7.70. The van der Waals surface area contributed by atoms with Gasteiger partial charge < -0.3 is 19.7 Å². The topological polar surface area (TPSA) is 61.4 Å². The fourth-order valence-electron chi connectivity index (χ4n) is 3.53. The lowest BCUT2D eigenvalue weighted by Crippen LogP contribution is -2.42. The van der Waals surface area contributed by atoms with Gasteiger partial charge in [-0.3, -0.25) is 0 Å². The Kier molecular flexibility index (Phi) is 5.43. The molecule has 1 fully saturated rings. The van der Waals surface area contributed by atoms with Crippen molar-refractivity contribution < 1.29 is 14.2 Å². The first-order valence-electron chi connectivity index (χ1n) is 8.87. The molecule has 3 heterocycles. The zero-order chi connectivity index (χ0) is 19.9. The van der Waals surface area contributed by atoms with Crippen LogP contribution in [0.5, 0.6) is 5.75 Å². The Morgan fingerprint density at radius 3 is 2.79 bits per heavy atom. The first-order valence-corrected chi connectivity index (χ1v) is 10.2. The maximum atomic E-state index is 14.8. The van der Waals surface area contributed by atoms with Gasteiger partial charge in [0.25, 0.3) is 0 Å². The summed E-state index contributed by atoms with van der Waals surface area (Å²) >= 11 is 12.5. The van der Waals surface area contributed by atoms with Crippen molar-refractivity contribution in [2.24, 2.45) is 0 Å². The summed E-state index contributed by atoms with van der Waals surface area (Å²) in [7, 11) is 0. The standard InChI is InChI=1S/C19H20FN3O2S3/c20-18-14(16-8-11-3-4-12(24)9-15(11)21-16)5-6-17(22-18)23-7-1-2-13(10-23)25-19(26,27)28/h3-6,8-9,13,21,24,26-28H,1-2,7,10H2/t13-/m0/s1. The van der Waals surface area contributed by atoms with E-state index in [-0.39, 0.29) is 11.9 Å². The Bertz CT molecular complexity index is 1010. The van der Waals surface area contributed by atoms with Gasteiger partial charge >= 0.3 is 0 Å². The fourth-order valence-corrected chi connectivity index (χ4v) is 3.98. The molecule has 1 atom stereocenters. The Morgan fingerprint density at radius 1 is 1.21 bits per heavy atom. The van der Waals surface area contributed by atoms with Gasteiger partial charge in [-0.15, -0.1) is 37.9 Å². The molecule has 5 nitrogen and oxygen atoms in total. The van der Waals surface area contributed by atoms with Crippen LogP contribution >= 0.6 is 37.9 Å². The van der Waals surface area contributed by atoms with Crippen LogP contribution in [0.3, 0.4) is 0 Å². The summed E-state index contributed by atoms with van der Waals surface area (Å²) in [4.78, 5) is 9.29. The zero-order valence-corrected chi connectivity index (χ0v) is 17.5. The van der Waals surface area contributed by atoms with Crippen LogP contribution in [0.15, 0.2) is 36.4 Å². The average Bonchev–Trinajstić information content (AvgIpc) is 3.03. The monoisotopic (exact) mass is 437 g/mol. The number of aromatic hydroxyl groups is 1. The van der Waals surface area contributed by atoms with Gasteiger partial charge in [0.2, 0.25) is 5.95 Å². The van der Waals surface area contributed by atoms with Crippen LogP contribution in [0.2, 0.25) is 0 Å². The van der Waals surface area contributed by atoms with Crippen LogP contribution in [0.25, 0.3) is 22.2 Å². The number of thiol groups is 3. The molecule has 148 valence electrons. The number of piperidine rings is 1. The van der Waals surface area contributed by atoms with Gasteiger partial charge in [0.1, 0.15) is 11.6 Å². The molecule has 4 rings (SSSR count). The minimum atomic E-state index is -1.11. The molecule has 0 radical (unpaired) electrons. The summed E-state index contributed by atoms with van der Waals surface area (Å²) in [5, 5.41) is 10.5. The SMILES string of the molecule is Oc1ccc2cc(-c3ccc(N4CCC[C@H](OC(S)(S)S)C4)nc3F)[nH]c2c1. The maximum absolute atomic E-state index is 14.8. The number of phenols is 1. The third-order valence-electron chi connectivity index (χ3n) is 4.76. The van der Waals surface area contributed by atoms with E-state index in [1.165, 1.54) is 0 Å². The van der Waals surface area contributed by atoms with E-state index in [4.69, 9.17) is 4.74 Å². The van der Waals surface area contributed by atoms with Gasteiger partial charge in [0.15, 0.2) is 3.60 Å². The molecule has 0 spiro atoms. The summed E-state index contributed by atoms with van der Waals surface area (Å²) in [6, 6.07) is 10.3. The first kappa shape index (κ1) is 19.8. The van der Waals surface area contributed by atoms with Gasteiger partial charge in [0.05, 0.1) is 17.4 Å². The lowest BCUT2D eigenvalue weighted by atomic mass is 10.1. The number of anilines is 1. The summed E-state index contributed by atoms with van der Waals surface area (Å²) < 4.78 is 19.4. The number of halogens is 1. The average molecular weight is 438 g/mol. The number of phenolic OH excluding ortho intramolecular Hbond substituents is 1. The lowest BCUT2D eigenvalue weighted by molar-refractivity contribution is 0.0512. The molecule has 1 aliphatic rings. The number of ether oxygens (including phenoxy) is 1. The number of aromatic amines is 1. The molecule has 0 bridgehead atoms. The number of aromatic nitrogens is 2. The van der Waals surface area contributed by atoms with Crippen molar-refractivity contribution in [3.8, 4) is 17.0 Å².